The monoisotopic (exact) mass is 253 g/mol. The molecule has 3 N–H and O–H groups in total. The average Bonchev–Trinajstić information content (AvgIpc) is 2.31. The molecule has 4 nitrogen and oxygen atoms in total. The van der Waals surface area contributed by atoms with Crippen molar-refractivity contribution in [1.82, 2.24) is 10.3 Å². The number of nitrogens with one attached hydrogen (secondary N) is 1. The quantitative estimate of drug-likeness (QED) is 0.788. The molecule has 0 radical (unpaired) electrons. The van der Waals surface area contributed by atoms with Gasteiger partial charge in [-0.15, -0.1) is 11.8 Å². The van der Waals surface area contributed by atoms with E-state index >= 15 is 0 Å². The standard InChI is InChI=1S/C12H19N3OS/c1-4-8(2)15-12(16)9(3)17-11-5-6-14-7-10(11)13/h5-9H,4,13H2,1-3H3,(H,15,16). The maximum absolute atomic E-state index is 11.8. The molecule has 0 saturated heterocycles. The summed E-state index contributed by atoms with van der Waals surface area (Å²) in [6, 6.07) is 2.04. The van der Waals surface area contributed by atoms with Crippen LogP contribution in [-0.4, -0.2) is 22.2 Å². The number of carbonyl (C=O) groups is 1. The Morgan fingerprint density at radius 1 is 1.59 bits per heavy atom. The molecule has 5 heteroatoms. The van der Waals surface area contributed by atoms with Crippen LogP contribution < -0.4 is 11.1 Å². The fraction of sp³-hybridized carbons (Fsp3) is 0.500. The zero-order valence-electron chi connectivity index (χ0n) is 10.4. The molecule has 0 aliphatic carbocycles. The third-order valence-electron chi connectivity index (χ3n) is 2.48. The second-order valence-corrected chi connectivity index (χ2v) is 5.37. The Kier molecular flexibility index (Phi) is 5.28. The molecule has 0 spiro atoms. The van der Waals surface area contributed by atoms with Gasteiger partial charge in [0, 0.05) is 17.1 Å². The van der Waals surface area contributed by atoms with Gasteiger partial charge >= 0.3 is 0 Å². The van der Waals surface area contributed by atoms with Crippen molar-refractivity contribution in [2.75, 3.05) is 5.73 Å². The summed E-state index contributed by atoms with van der Waals surface area (Å²) in [5.74, 6) is 0.0422. The third-order valence-corrected chi connectivity index (χ3v) is 3.68. The molecule has 1 amide bonds. The predicted octanol–water partition coefficient (Wildman–Crippen LogP) is 2.06. The maximum atomic E-state index is 11.8. The van der Waals surface area contributed by atoms with E-state index < -0.39 is 0 Å². The Labute approximate surface area is 106 Å². The Morgan fingerprint density at radius 2 is 2.29 bits per heavy atom. The molecule has 1 aromatic heterocycles. The van der Waals surface area contributed by atoms with E-state index in [1.165, 1.54) is 11.8 Å². The number of amides is 1. The largest absolute Gasteiger partial charge is 0.397 e. The molecule has 0 fully saturated rings. The third kappa shape index (κ3) is 4.26. The van der Waals surface area contributed by atoms with Gasteiger partial charge in [-0.3, -0.25) is 9.78 Å². The maximum Gasteiger partial charge on any atom is 0.233 e. The number of nitrogens with zero attached hydrogens (tertiary/aromatic N) is 1. The first-order valence-corrected chi connectivity index (χ1v) is 6.59. The number of hydrogen-bond acceptors (Lipinski definition) is 4. The number of carbonyl (C=O) groups excluding carboxylic acids is 1. The van der Waals surface area contributed by atoms with Crippen LogP contribution in [0.25, 0.3) is 0 Å². The summed E-state index contributed by atoms with van der Waals surface area (Å²) in [5.41, 5.74) is 6.39. The van der Waals surface area contributed by atoms with Crippen LogP contribution >= 0.6 is 11.8 Å². The molecule has 0 aliphatic rings. The topological polar surface area (TPSA) is 68.0 Å². The molecular formula is C12H19N3OS. The minimum absolute atomic E-state index is 0.0422. The molecule has 17 heavy (non-hydrogen) atoms. The molecule has 1 rings (SSSR count). The Bertz CT molecular complexity index is 384. The second-order valence-electron chi connectivity index (χ2n) is 3.99. The van der Waals surface area contributed by atoms with E-state index in [-0.39, 0.29) is 17.2 Å². The van der Waals surface area contributed by atoms with Crippen LogP contribution in [0.2, 0.25) is 0 Å². The number of aromatic nitrogens is 1. The van der Waals surface area contributed by atoms with Crippen molar-refractivity contribution in [3.63, 3.8) is 0 Å². The summed E-state index contributed by atoms with van der Waals surface area (Å²) in [6.45, 7) is 5.92. The smallest absolute Gasteiger partial charge is 0.233 e. The van der Waals surface area contributed by atoms with E-state index in [1.807, 2.05) is 26.8 Å². The number of thioether (sulfide) groups is 1. The van der Waals surface area contributed by atoms with Crippen LogP contribution in [0.1, 0.15) is 27.2 Å². The number of nitrogens with two attached hydrogens (primary N) is 1. The molecule has 1 heterocycles. The number of anilines is 1. The van der Waals surface area contributed by atoms with E-state index in [0.717, 1.165) is 11.3 Å². The lowest BCUT2D eigenvalue weighted by Crippen LogP contribution is -2.37. The lowest BCUT2D eigenvalue weighted by molar-refractivity contribution is -0.120. The zero-order valence-corrected chi connectivity index (χ0v) is 11.3. The van der Waals surface area contributed by atoms with Gasteiger partial charge in [-0.05, 0) is 26.3 Å². The van der Waals surface area contributed by atoms with Gasteiger partial charge in [0.2, 0.25) is 5.91 Å². The van der Waals surface area contributed by atoms with Crippen molar-refractivity contribution >= 4 is 23.4 Å². The van der Waals surface area contributed by atoms with Crippen molar-refractivity contribution in [3.05, 3.63) is 18.5 Å². The minimum Gasteiger partial charge on any atom is -0.397 e. The van der Waals surface area contributed by atoms with Gasteiger partial charge in [-0.2, -0.15) is 0 Å². The van der Waals surface area contributed by atoms with Gasteiger partial charge in [-0.1, -0.05) is 6.92 Å². The molecule has 0 aliphatic heterocycles. The summed E-state index contributed by atoms with van der Waals surface area (Å²) in [5, 5.41) is 2.79. The highest BCUT2D eigenvalue weighted by Crippen LogP contribution is 2.27. The first-order chi connectivity index (χ1) is 8.04. The van der Waals surface area contributed by atoms with E-state index in [1.54, 1.807) is 12.4 Å². The lowest BCUT2D eigenvalue weighted by Gasteiger charge is -2.16. The van der Waals surface area contributed by atoms with E-state index in [4.69, 9.17) is 5.73 Å². The van der Waals surface area contributed by atoms with Crippen LogP contribution in [0, 0.1) is 0 Å². The van der Waals surface area contributed by atoms with E-state index in [2.05, 4.69) is 10.3 Å². The molecule has 2 unspecified atom stereocenters. The first-order valence-electron chi connectivity index (χ1n) is 5.71. The van der Waals surface area contributed by atoms with Crippen molar-refractivity contribution in [2.24, 2.45) is 0 Å². The normalized spacial score (nSPS) is 14.1. The molecule has 0 aromatic carbocycles. The van der Waals surface area contributed by atoms with Gasteiger partial charge in [0.25, 0.3) is 0 Å². The van der Waals surface area contributed by atoms with E-state index in [9.17, 15) is 4.79 Å². The first kappa shape index (κ1) is 13.8. The van der Waals surface area contributed by atoms with Gasteiger partial charge < -0.3 is 11.1 Å². The van der Waals surface area contributed by atoms with Gasteiger partial charge in [0.1, 0.15) is 0 Å². The van der Waals surface area contributed by atoms with Gasteiger partial charge in [-0.25, -0.2) is 0 Å². The molecule has 94 valence electrons. The number of rotatable bonds is 5. The van der Waals surface area contributed by atoms with Crippen molar-refractivity contribution < 1.29 is 4.79 Å². The SMILES string of the molecule is CCC(C)NC(=O)C(C)Sc1ccncc1N. The van der Waals surface area contributed by atoms with Crippen LogP contribution in [0.3, 0.4) is 0 Å². The fourth-order valence-electron chi connectivity index (χ4n) is 1.21. The average molecular weight is 253 g/mol. The summed E-state index contributed by atoms with van der Waals surface area (Å²) in [6.07, 6.45) is 4.21. The van der Waals surface area contributed by atoms with Crippen LogP contribution in [-0.2, 0) is 4.79 Å². The minimum atomic E-state index is -0.159. The van der Waals surface area contributed by atoms with Crippen LogP contribution in [0.4, 0.5) is 5.69 Å². The predicted molar refractivity (Wildman–Crippen MR) is 71.9 cm³/mol. The molecular weight excluding hydrogens is 234 g/mol. The highest BCUT2D eigenvalue weighted by atomic mass is 32.2. The Morgan fingerprint density at radius 3 is 2.88 bits per heavy atom. The van der Waals surface area contributed by atoms with E-state index in [0.29, 0.717) is 5.69 Å². The Balaban J connectivity index is 2.57. The summed E-state index contributed by atoms with van der Waals surface area (Å²) in [4.78, 5) is 16.7. The van der Waals surface area contributed by atoms with Crippen LogP contribution in [0.15, 0.2) is 23.4 Å². The number of nitrogen functional groups attached to an aromatic ring is 1. The van der Waals surface area contributed by atoms with Gasteiger partial charge in [0.05, 0.1) is 17.1 Å². The van der Waals surface area contributed by atoms with Crippen LogP contribution in [0.5, 0.6) is 0 Å². The Hall–Kier alpha value is -1.23. The number of pyridine rings is 1. The fourth-order valence-corrected chi connectivity index (χ4v) is 2.09. The molecule has 0 bridgehead atoms. The summed E-state index contributed by atoms with van der Waals surface area (Å²) >= 11 is 1.45. The molecule has 0 saturated carbocycles. The van der Waals surface area contributed by atoms with Crippen molar-refractivity contribution in [2.45, 2.75) is 43.4 Å². The van der Waals surface area contributed by atoms with Gasteiger partial charge in [0.15, 0.2) is 0 Å². The molecule has 2 atom stereocenters. The van der Waals surface area contributed by atoms with Crippen molar-refractivity contribution in [1.29, 1.82) is 0 Å². The van der Waals surface area contributed by atoms with Crippen molar-refractivity contribution in [3.8, 4) is 0 Å². The highest BCUT2D eigenvalue weighted by Gasteiger charge is 2.16. The summed E-state index contributed by atoms with van der Waals surface area (Å²) < 4.78 is 0. The highest BCUT2D eigenvalue weighted by molar-refractivity contribution is 8.00. The number of hydrogen-bond donors (Lipinski definition) is 2. The second kappa shape index (κ2) is 6.49. The zero-order chi connectivity index (χ0) is 12.8. The molecule has 1 aromatic rings. The lowest BCUT2D eigenvalue weighted by atomic mass is 10.2. The summed E-state index contributed by atoms with van der Waals surface area (Å²) in [7, 11) is 0.